The van der Waals surface area contributed by atoms with E-state index in [-0.39, 0.29) is 5.43 Å². The number of unbranched alkanes of at least 4 members (excludes halogenated alkanes) is 6. The van der Waals surface area contributed by atoms with E-state index in [2.05, 4.69) is 6.92 Å². The molecule has 0 fully saturated rings. The Morgan fingerprint density at radius 2 is 1.68 bits per heavy atom. The average Bonchev–Trinajstić information content (AvgIpc) is 2.76. The van der Waals surface area contributed by atoms with Gasteiger partial charge in [0, 0.05) is 6.07 Å². The Balaban J connectivity index is 1.60. The molecule has 0 saturated heterocycles. The second kappa shape index (κ2) is 11.3. The molecule has 0 N–H and O–H groups in total. The first-order valence-corrected chi connectivity index (χ1v) is 11.1. The summed E-state index contributed by atoms with van der Waals surface area (Å²) in [5.41, 5.74) is 2.24. The van der Waals surface area contributed by atoms with Crippen LogP contribution in [0.2, 0.25) is 0 Å². The molecule has 1 aromatic heterocycles. The van der Waals surface area contributed by atoms with Gasteiger partial charge in [-0.15, -0.1) is 0 Å². The van der Waals surface area contributed by atoms with Crippen molar-refractivity contribution in [2.75, 3.05) is 6.61 Å². The highest BCUT2D eigenvalue weighted by Crippen LogP contribution is 2.26. The molecule has 0 unspecified atom stereocenters. The number of carbonyl (C=O) groups excluding carboxylic acids is 1. The molecule has 0 atom stereocenters. The second-order valence-corrected chi connectivity index (χ2v) is 7.78. The fourth-order valence-corrected chi connectivity index (χ4v) is 3.63. The number of hydrogen-bond donors (Lipinski definition) is 0. The van der Waals surface area contributed by atoms with Crippen LogP contribution in [0.1, 0.15) is 57.4 Å². The van der Waals surface area contributed by atoms with Gasteiger partial charge in [-0.2, -0.15) is 0 Å². The van der Waals surface area contributed by atoms with Gasteiger partial charge in [0.2, 0.25) is 5.43 Å². The lowest BCUT2D eigenvalue weighted by molar-refractivity contribution is 0.0973. The van der Waals surface area contributed by atoms with Gasteiger partial charge in [-0.3, -0.25) is 4.79 Å². The minimum Gasteiger partial charge on any atom is -0.463 e. The van der Waals surface area contributed by atoms with Gasteiger partial charge in [0.05, 0.1) is 17.6 Å². The number of aryl methyl sites for hydroxylation is 1. The molecule has 3 rings (SSSR count). The number of ether oxygens (including phenoxy) is 2. The smallest absolute Gasteiger partial charge is 0.463 e. The van der Waals surface area contributed by atoms with Crippen molar-refractivity contribution < 1.29 is 18.7 Å². The van der Waals surface area contributed by atoms with Crippen LogP contribution in [0.5, 0.6) is 5.75 Å². The summed E-state index contributed by atoms with van der Waals surface area (Å²) >= 11 is 0. The first-order valence-electron chi connectivity index (χ1n) is 11.1. The fourth-order valence-electron chi connectivity index (χ4n) is 3.63. The Morgan fingerprint density at radius 1 is 0.968 bits per heavy atom. The van der Waals surface area contributed by atoms with Crippen LogP contribution in [0.25, 0.3) is 22.1 Å². The van der Waals surface area contributed by atoms with Crippen LogP contribution in [0.3, 0.4) is 0 Å². The topological polar surface area (TPSA) is 65.7 Å². The van der Waals surface area contributed by atoms with Crippen molar-refractivity contribution in [3.8, 4) is 16.9 Å². The van der Waals surface area contributed by atoms with E-state index in [1.165, 1.54) is 31.9 Å². The molecule has 0 radical (unpaired) electrons. The molecule has 5 nitrogen and oxygen atoms in total. The molecule has 2 aromatic carbocycles. The number of fused-ring (bicyclic) bond motifs is 1. The molecule has 0 amide bonds. The van der Waals surface area contributed by atoms with Gasteiger partial charge in [0.1, 0.15) is 17.6 Å². The van der Waals surface area contributed by atoms with Gasteiger partial charge >= 0.3 is 6.16 Å². The van der Waals surface area contributed by atoms with Crippen LogP contribution < -0.4 is 10.2 Å². The van der Waals surface area contributed by atoms with Gasteiger partial charge in [-0.1, -0.05) is 75.8 Å². The largest absolute Gasteiger partial charge is 0.513 e. The molecule has 164 valence electrons. The van der Waals surface area contributed by atoms with E-state index in [9.17, 15) is 9.59 Å². The molecule has 0 spiro atoms. The summed E-state index contributed by atoms with van der Waals surface area (Å²) in [5.74, 6) is 0.296. The Kier molecular flexibility index (Phi) is 8.27. The highest BCUT2D eigenvalue weighted by atomic mass is 16.7. The highest BCUT2D eigenvalue weighted by Gasteiger charge is 2.14. The molecule has 0 aliphatic rings. The zero-order valence-corrected chi connectivity index (χ0v) is 18.3. The van der Waals surface area contributed by atoms with Gasteiger partial charge in [-0.05, 0) is 30.5 Å². The van der Waals surface area contributed by atoms with Gasteiger partial charge in [0.25, 0.3) is 0 Å². The summed E-state index contributed by atoms with van der Waals surface area (Å²) in [4.78, 5) is 25.0. The van der Waals surface area contributed by atoms with Crippen LogP contribution in [-0.4, -0.2) is 12.8 Å². The van der Waals surface area contributed by atoms with Gasteiger partial charge in [0.15, 0.2) is 0 Å². The number of hydrogen-bond acceptors (Lipinski definition) is 5. The summed E-state index contributed by atoms with van der Waals surface area (Å²) < 4.78 is 16.2. The van der Waals surface area contributed by atoms with Crippen LogP contribution >= 0.6 is 0 Å². The second-order valence-electron chi connectivity index (χ2n) is 7.78. The van der Waals surface area contributed by atoms with Crippen molar-refractivity contribution in [3.63, 3.8) is 0 Å². The monoisotopic (exact) mass is 422 g/mol. The number of benzene rings is 2. The lowest BCUT2D eigenvalue weighted by atomic mass is 10.0. The summed E-state index contributed by atoms with van der Waals surface area (Å²) in [5, 5.41) is 0.477. The molecule has 3 aromatic rings. The lowest BCUT2D eigenvalue weighted by Gasteiger charge is -2.09. The quantitative estimate of drug-likeness (QED) is 0.199. The maximum Gasteiger partial charge on any atom is 0.513 e. The third-order valence-electron chi connectivity index (χ3n) is 5.30. The van der Waals surface area contributed by atoms with Crippen LogP contribution in [0.4, 0.5) is 4.79 Å². The van der Waals surface area contributed by atoms with Crippen molar-refractivity contribution >= 4 is 17.1 Å². The normalized spacial score (nSPS) is 10.9. The summed E-state index contributed by atoms with van der Waals surface area (Å²) in [6, 6.07) is 12.6. The lowest BCUT2D eigenvalue weighted by Crippen LogP contribution is -2.12. The van der Waals surface area contributed by atoms with Gasteiger partial charge < -0.3 is 13.9 Å². The van der Waals surface area contributed by atoms with E-state index in [4.69, 9.17) is 13.9 Å². The van der Waals surface area contributed by atoms with E-state index in [0.29, 0.717) is 34.5 Å². The maximum absolute atomic E-state index is 13.0. The number of rotatable bonds is 10. The molecule has 5 heteroatoms. The standard InChI is InChI=1S/C26H30O5/c1-3-4-5-6-7-8-12-15-29-26(28)31-21-16-19(2)24-23(17-21)30-18-22(25(24)27)20-13-10-9-11-14-20/h9-11,13-14,16-18H,3-8,12,15H2,1-2H3. The molecular weight excluding hydrogens is 392 g/mol. The highest BCUT2D eigenvalue weighted by molar-refractivity contribution is 5.86. The first-order chi connectivity index (χ1) is 15.1. The minimum atomic E-state index is -0.743. The minimum absolute atomic E-state index is 0.113. The van der Waals surface area contributed by atoms with E-state index in [1.807, 2.05) is 30.3 Å². The predicted octanol–water partition coefficient (Wildman–Crippen LogP) is 7.03. The van der Waals surface area contributed by atoms with Crippen LogP contribution in [0.15, 0.2) is 57.9 Å². The van der Waals surface area contributed by atoms with Crippen molar-refractivity contribution in [1.82, 2.24) is 0 Å². The maximum atomic E-state index is 13.0. The third-order valence-corrected chi connectivity index (χ3v) is 5.30. The molecular formula is C26H30O5. The summed E-state index contributed by atoms with van der Waals surface area (Å²) in [6.45, 7) is 4.34. The van der Waals surface area contributed by atoms with E-state index in [0.717, 1.165) is 24.8 Å². The van der Waals surface area contributed by atoms with E-state index in [1.54, 1.807) is 19.1 Å². The molecule has 31 heavy (non-hydrogen) atoms. The Morgan fingerprint density at radius 3 is 2.42 bits per heavy atom. The third kappa shape index (κ3) is 6.20. The molecule has 0 aliphatic heterocycles. The van der Waals surface area contributed by atoms with Crippen LogP contribution in [0, 0.1) is 6.92 Å². The first kappa shape index (κ1) is 22.6. The van der Waals surface area contributed by atoms with E-state index >= 15 is 0 Å². The number of carbonyl (C=O) groups is 1. The summed E-state index contributed by atoms with van der Waals surface area (Å²) in [7, 11) is 0. The van der Waals surface area contributed by atoms with E-state index < -0.39 is 6.16 Å². The van der Waals surface area contributed by atoms with Gasteiger partial charge in [-0.25, -0.2) is 4.79 Å². The Bertz CT molecular complexity index is 1050. The van der Waals surface area contributed by atoms with Crippen molar-refractivity contribution in [2.24, 2.45) is 0 Å². The molecule has 0 bridgehead atoms. The molecule has 0 aliphatic carbocycles. The average molecular weight is 423 g/mol. The van der Waals surface area contributed by atoms with Crippen LogP contribution in [-0.2, 0) is 4.74 Å². The van der Waals surface area contributed by atoms with Crippen molar-refractivity contribution in [1.29, 1.82) is 0 Å². The fraction of sp³-hybridized carbons (Fsp3) is 0.385. The zero-order chi connectivity index (χ0) is 22.1. The van der Waals surface area contributed by atoms with Crippen molar-refractivity contribution in [2.45, 2.75) is 58.8 Å². The predicted molar refractivity (Wildman–Crippen MR) is 123 cm³/mol. The van der Waals surface area contributed by atoms with Crippen molar-refractivity contribution in [3.05, 3.63) is 64.5 Å². The zero-order valence-electron chi connectivity index (χ0n) is 18.3. The molecule has 0 saturated carbocycles. The Labute approximate surface area is 183 Å². The Hall–Kier alpha value is -3.08. The molecule has 1 heterocycles. The summed E-state index contributed by atoms with van der Waals surface area (Å²) in [6.07, 6.45) is 8.75. The SMILES string of the molecule is CCCCCCCCCOC(=O)Oc1cc(C)c2c(=O)c(-c3ccccc3)coc2c1.